The van der Waals surface area contributed by atoms with Gasteiger partial charge in [-0.2, -0.15) is 0 Å². The third-order valence-corrected chi connectivity index (χ3v) is 3.00. The van der Waals surface area contributed by atoms with Crippen molar-refractivity contribution in [2.24, 2.45) is 5.73 Å². The van der Waals surface area contributed by atoms with Crippen LogP contribution in [0.2, 0.25) is 10.0 Å². The van der Waals surface area contributed by atoms with Gasteiger partial charge in [-0.25, -0.2) is 0 Å². The van der Waals surface area contributed by atoms with Gasteiger partial charge in [0.05, 0.1) is 0 Å². The summed E-state index contributed by atoms with van der Waals surface area (Å²) in [5.74, 6) is 0. The molecular formula is C13H11Cl2N. The van der Waals surface area contributed by atoms with Crippen molar-refractivity contribution in [3.8, 4) is 11.1 Å². The maximum atomic E-state index is 6.12. The summed E-state index contributed by atoms with van der Waals surface area (Å²) in [6.07, 6.45) is 0. The number of benzene rings is 2. The minimum atomic E-state index is 0.403. The van der Waals surface area contributed by atoms with Crippen LogP contribution in [0.25, 0.3) is 11.1 Å². The summed E-state index contributed by atoms with van der Waals surface area (Å²) in [5, 5.41) is 1.25. The zero-order chi connectivity index (χ0) is 11.5. The van der Waals surface area contributed by atoms with Gasteiger partial charge in [-0.3, -0.25) is 0 Å². The average Bonchev–Trinajstić information content (AvgIpc) is 2.29. The van der Waals surface area contributed by atoms with E-state index >= 15 is 0 Å². The predicted octanol–water partition coefficient (Wildman–Crippen LogP) is 4.12. The monoisotopic (exact) mass is 251 g/mol. The van der Waals surface area contributed by atoms with Crippen LogP contribution in [0.4, 0.5) is 0 Å². The van der Waals surface area contributed by atoms with Gasteiger partial charge < -0.3 is 5.73 Å². The molecule has 0 radical (unpaired) electrons. The first-order valence-corrected chi connectivity index (χ1v) is 5.71. The van der Waals surface area contributed by atoms with Crippen LogP contribution in [0, 0.1) is 0 Å². The maximum absolute atomic E-state index is 6.12. The molecule has 0 aliphatic rings. The summed E-state index contributed by atoms with van der Waals surface area (Å²) in [7, 11) is 0. The Kier molecular flexibility index (Phi) is 3.49. The molecule has 0 saturated carbocycles. The van der Waals surface area contributed by atoms with Gasteiger partial charge in [0.1, 0.15) is 0 Å². The van der Waals surface area contributed by atoms with Crippen LogP contribution in [-0.4, -0.2) is 0 Å². The van der Waals surface area contributed by atoms with Crippen molar-refractivity contribution in [3.63, 3.8) is 0 Å². The minimum absolute atomic E-state index is 0.403. The average molecular weight is 252 g/mol. The predicted molar refractivity (Wildman–Crippen MR) is 69.8 cm³/mol. The number of hydrogen-bond donors (Lipinski definition) is 1. The fourth-order valence-electron chi connectivity index (χ4n) is 1.69. The van der Waals surface area contributed by atoms with E-state index in [1.54, 1.807) is 6.07 Å². The molecule has 1 nitrogen and oxygen atoms in total. The first-order valence-electron chi connectivity index (χ1n) is 4.96. The van der Waals surface area contributed by atoms with E-state index < -0.39 is 0 Å². The van der Waals surface area contributed by atoms with Crippen molar-refractivity contribution < 1.29 is 0 Å². The molecule has 0 spiro atoms. The molecule has 0 saturated heterocycles. The highest BCUT2D eigenvalue weighted by atomic mass is 35.5. The second-order valence-electron chi connectivity index (χ2n) is 3.48. The highest BCUT2D eigenvalue weighted by Gasteiger charge is 2.09. The lowest BCUT2D eigenvalue weighted by Gasteiger charge is -2.10. The Morgan fingerprint density at radius 2 is 1.69 bits per heavy atom. The zero-order valence-corrected chi connectivity index (χ0v) is 10.1. The first kappa shape index (κ1) is 11.5. The molecule has 2 rings (SSSR count). The van der Waals surface area contributed by atoms with Crippen molar-refractivity contribution in [1.82, 2.24) is 0 Å². The molecule has 82 valence electrons. The fraction of sp³-hybridized carbons (Fsp3) is 0.0769. The zero-order valence-electron chi connectivity index (χ0n) is 8.58. The molecule has 0 amide bonds. The lowest BCUT2D eigenvalue weighted by Crippen LogP contribution is -2.00. The van der Waals surface area contributed by atoms with E-state index in [1.165, 1.54) is 0 Å². The molecule has 2 aromatic carbocycles. The van der Waals surface area contributed by atoms with Gasteiger partial charge in [-0.15, -0.1) is 0 Å². The quantitative estimate of drug-likeness (QED) is 0.854. The van der Waals surface area contributed by atoms with Gasteiger partial charge in [-0.05, 0) is 28.8 Å². The lowest BCUT2D eigenvalue weighted by atomic mass is 10.00. The Labute approximate surface area is 105 Å². The molecule has 0 aromatic heterocycles. The molecule has 0 atom stereocenters. The smallest absolute Gasteiger partial charge is 0.0471 e. The molecule has 0 fully saturated rings. The van der Waals surface area contributed by atoms with Crippen LogP contribution in [-0.2, 0) is 6.54 Å². The third-order valence-electron chi connectivity index (χ3n) is 2.45. The summed E-state index contributed by atoms with van der Waals surface area (Å²) in [6, 6.07) is 13.6. The van der Waals surface area contributed by atoms with Gasteiger partial charge in [0, 0.05) is 16.6 Å². The van der Waals surface area contributed by atoms with Crippen LogP contribution < -0.4 is 5.73 Å². The summed E-state index contributed by atoms with van der Waals surface area (Å²) < 4.78 is 0. The fourth-order valence-corrected chi connectivity index (χ4v) is 2.26. The molecular weight excluding hydrogens is 241 g/mol. The van der Waals surface area contributed by atoms with Crippen LogP contribution in [0.3, 0.4) is 0 Å². The SMILES string of the molecule is NCc1c(Cl)cc(Cl)cc1-c1ccccc1. The highest BCUT2D eigenvalue weighted by Crippen LogP contribution is 2.32. The van der Waals surface area contributed by atoms with Gasteiger partial charge in [0.15, 0.2) is 0 Å². The highest BCUT2D eigenvalue weighted by molar-refractivity contribution is 6.35. The first-order chi connectivity index (χ1) is 7.72. The summed E-state index contributed by atoms with van der Waals surface area (Å²) in [4.78, 5) is 0. The van der Waals surface area contributed by atoms with E-state index in [0.29, 0.717) is 16.6 Å². The standard InChI is InChI=1S/C13H11Cl2N/c14-10-6-11(9-4-2-1-3-5-9)12(8-16)13(15)7-10/h1-7H,8,16H2. The van der Waals surface area contributed by atoms with Gasteiger partial charge in [-0.1, -0.05) is 53.5 Å². The Morgan fingerprint density at radius 3 is 2.31 bits per heavy atom. The van der Waals surface area contributed by atoms with Crippen molar-refractivity contribution in [1.29, 1.82) is 0 Å². The van der Waals surface area contributed by atoms with Gasteiger partial charge >= 0.3 is 0 Å². The Bertz CT molecular complexity index is 495. The van der Waals surface area contributed by atoms with Crippen LogP contribution in [0.1, 0.15) is 5.56 Å². The molecule has 3 heteroatoms. The Morgan fingerprint density at radius 1 is 1.00 bits per heavy atom. The van der Waals surface area contributed by atoms with Crippen molar-refractivity contribution in [2.75, 3.05) is 0 Å². The van der Waals surface area contributed by atoms with Crippen LogP contribution in [0.5, 0.6) is 0 Å². The van der Waals surface area contributed by atoms with E-state index in [1.807, 2.05) is 36.4 Å². The summed E-state index contributed by atoms with van der Waals surface area (Å²) in [6.45, 7) is 0.403. The normalized spacial score (nSPS) is 10.4. The van der Waals surface area contributed by atoms with E-state index in [2.05, 4.69) is 0 Å². The van der Waals surface area contributed by atoms with Gasteiger partial charge in [0.25, 0.3) is 0 Å². The summed E-state index contributed by atoms with van der Waals surface area (Å²) >= 11 is 12.1. The molecule has 0 unspecified atom stereocenters. The van der Waals surface area contributed by atoms with E-state index in [-0.39, 0.29) is 0 Å². The lowest BCUT2D eigenvalue weighted by molar-refractivity contribution is 1.07. The molecule has 0 aliphatic heterocycles. The largest absolute Gasteiger partial charge is 0.326 e. The summed E-state index contributed by atoms with van der Waals surface area (Å²) in [5.41, 5.74) is 8.72. The van der Waals surface area contributed by atoms with Crippen molar-refractivity contribution >= 4 is 23.2 Å². The van der Waals surface area contributed by atoms with Crippen molar-refractivity contribution in [2.45, 2.75) is 6.54 Å². The number of halogens is 2. The van der Waals surface area contributed by atoms with Gasteiger partial charge in [0.2, 0.25) is 0 Å². The number of hydrogen-bond acceptors (Lipinski definition) is 1. The topological polar surface area (TPSA) is 26.0 Å². The molecule has 2 aromatic rings. The number of rotatable bonds is 2. The van der Waals surface area contributed by atoms with Crippen LogP contribution in [0.15, 0.2) is 42.5 Å². The molecule has 0 heterocycles. The van der Waals surface area contributed by atoms with E-state index in [4.69, 9.17) is 28.9 Å². The maximum Gasteiger partial charge on any atom is 0.0471 e. The minimum Gasteiger partial charge on any atom is -0.326 e. The van der Waals surface area contributed by atoms with E-state index in [9.17, 15) is 0 Å². The molecule has 0 aliphatic carbocycles. The molecule has 0 bridgehead atoms. The van der Waals surface area contributed by atoms with E-state index in [0.717, 1.165) is 16.7 Å². The Balaban J connectivity index is 2.64. The van der Waals surface area contributed by atoms with Crippen molar-refractivity contribution in [3.05, 3.63) is 58.1 Å². The second-order valence-corrected chi connectivity index (χ2v) is 4.33. The Hall–Kier alpha value is -1.02. The van der Waals surface area contributed by atoms with Crippen LogP contribution >= 0.6 is 23.2 Å². The second kappa shape index (κ2) is 4.88. The third kappa shape index (κ3) is 2.22. The number of nitrogens with two attached hydrogens (primary N) is 1. The molecule has 2 N–H and O–H groups in total. The molecule has 16 heavy (non-hydrogen) atoms.